The topological polar surface area (TPSA) is 28.2 Å². The Balaban J connectivity index is 2.01. The third-order valence-electron chi connectivity index (χ3n) is 4.78. The number of hydrogen-bond donors (Lipinski definition) is 1. The van der Waals surface area contributed by atoms with Crippen LogP contribution in [-0.2, 0) is 6.54 Å². The normalized spacial score (nSPS) is 22.7. The second-order valence-electron chi connectivity index (χ2n) is 6.38. The number of aromatic nitrogens is 1. The van der Waals surface area contributed by atoms with Crippen molar-refractivity contribution in [2.24, 2.45) is 11.8 Å². The number of pyridine rings is 1. The highest BCUT2D eigenvalue weighted by atomic mass is 15.2. The van der Waals surface area contributed by atoms with E-state index in [-0.39, 0.29) is 0 Å². The van der Waals surface area contributed by atoms with Crippen molar-refractivity contribution in [1.29, 1.82) is 0 Å². The summed E-state index contributed by atoms with van der Waals surface area (Å²) >= 11 is 0. The number of fused-ring (bicyclic) bond motifs is 1. The molecule has 3 heteroatoms. The summed E-state index contributed by atoms with van der Waals surface area (Å²) in [6, 6.07) is 10.7. The monoisotopic (exact) mass is 283 g/mol. The summed E-state index contributed by atoms with van der Waals surface area (Å²) in [6.07, 6.45) is 1.26. The number of anilines is 1. The van der Waals surface area contributed by atoms with Crippen LogP contribution >= 0.6 is 0 Å². The summed E-state index contributed by atoms with van der Waals surface area (Å²) in [4.78, 5) is 7.44. The minimum Gasteiger partial charge on any atom is -0.356 e. The lowest BCUT2D eigenvalue weighted by Gasteiger charge is -2.37. The molecule has 2 aromatic rings. The van der Waals surface area contributed by atoms with E-state index in [1.807, 2.05) is 7.05 Å². The van der Waals surface area contributed by atoms with Gasteiger partial charge in [-0.3, -0.25) is 0 Å². The minimum atomic E-state index is 0.731. The highest BCUT2D eigenvalue weighted by molar-refractivity contribution is 5.81. The second kappa shape index (κ2) is 6.02. The van der Waals surface area contributed by atoms with Gasteiger partial charge in [0.25, 0.3) is 0 Å². The first-order chi connectivity index (χ1) is 10.2. The van der Waals surface area contributed by atoms with Crippen molar-refractivity contribution in [3.63, 3.8) is 0 Å². The van der Waals surface area contributed by atoms with Gasteiger partial charge in [-0.1, -0.05) is 32.0 Å². The maximum atomic E-state index is 4.96. The molecule has 3 nitrogen and oxygen atoms in total. The van der Waals surface area contributed by atoms with Crippen molar-refractivity contribution in [2.75, 3.05) is 25.0 Å². The van der Waals surface area contributed by atoms with E-state index in [1.165, 1.54) is 23.2 Å². The Bertz CT molecular complexity index is 623. The first-order valence-electron chi connectivity index (χ1n) is 7.97. The molecule has 0 amide bonds. The van der Waals surface area contributed by atoms with Crippen LogP contribution in [0, 0.1) is 11.8 Å². The molecule has 1 saturated heterocycles. The highest BCUT2D eigenvalue weighted by Gasteiger charge is 2.25. The first-order valence-corrected chi connectivity index (χ1v) is 7.97. The molecule has 2 atom stereocenters. The smallest absolute Gasteiger partial charge is 0.133 e. The van der Waals surface area contributed by atoms with E-state index in [4.69, 9.17) is 4.98 Å². The summed E-state index contributed by atoms with van der Waals surface area (Å²) in [7, 11) is 2.00. The summed E-state index contributed by atoms with van der Waals surface area (Å²) in [5.41, 5.74) is 2.40. The van der Waals surface area contributed by atoms with Crippen LogP contribution in [0.2, 0.25) is 0 Å². The fourth-order valence-electron chi connectivity index (χ4n) is 3.20. The van der Waals surface area contributed by atoms with E-state index in [0.29, 0.717) is 0 Å². The van der Waals surface area contributed by atoms with E-state index in [0.717, 1.165) is 37.0 Å². The molecule has 0 radical (unpaired) electrons. The number of hydrogen-bond acceptors (Lipinski definition) is 3. The van der Waals surface area contributed by atoms with Gasteiger partial charge in [-0.2, -0.15) is 0 Å². The molecule has 2 heterocycles. The summed E-state index contributed by atoms with van der Waals surface area (Å²) in [5.74, 6) is 2.71. The summed E-state index contributed by atoms with van der Waals surface area (Å²) in [5, 5.41) is 4.51. The van der Waals surface area contributed by atoms with Gasteiger partial charge in [-0.25, -0.2) is 4.98 Å². The van der Waals surface area contributed by atoms with Crippen molar-refractivity contribution >= 4 is 16.7 Å². The molecule has 112 valence electrons. The molecule has 1 aromatic heterocycles. The fourth-order valence-corrected chi connectivity index (χ4v) is 3.20. The van der Waals surface area contributed by atoms with Crippen LogP contribution in [0.25, 0.3) is 10.9 Å². The molecule has 1 N–H and O–H groups in total. The van der Waals surface area contributed by atoms with Gasteiger partial charge in [0.2, 0.25) is 0 Å². The maximum absolute atomic E-state index is 4.96. The number of piperidine rings is 1. The Morgan fingerprint density at radius 3 is 2.81 bits per heavy atom. The lowest BCUT2D eigenvalue weighted by atomic mass is 9.88. The zero-order valence-corrected chi connectivity index (χ0v) is 13.3. The number of nitrogens with zero attached hydrogens (tertiary/aromatic N) is 2. The van der Waals surface area contributed by atoms with Gasteiger partial charge in [0.1, 0.15) is 5.82 Å². The van der Waals surface area contributed by atoms with E-state index in [1.54, 1.807) is 0 Å². The number of benzene rings is 1. The van der Waals surface area contributed by atoms with E-state index >= 15 is 0 Å². The second-order valence-corrected chi connectivity index (χ2v) is 6.38. The third kappa shape index (κ3) is 2.88. The van der Waals surface area contributed by atoms with Crippen molar-refractivity contribution in [2.45, 2.75) is 26.8 Å². The highest BCUT2D eigenvalue weighted by Crippen LogP contribution is 2.30. The zero-order chi connectivity index (χ0) is 14.8. The molecule has 1 aromatic carbocycles. The van der Waals surface area contributed by atoms with Crippen molar-refractivity contribution < 1.29 is 0 Å². The fraction of sp³-hybridized carbons (Fsp3) is 0.500. The number of para-hydroxylation sites is 1. The molecule has 1 fully saturated rings. The summed E-state index contributed by atoms with van der Waals surface area (Å²) in [6.45, 7) is 7.82. The lowest BCUT2D eigenvalue weighted by Crippen LogP contribution is -2.39. The molecule has 0 aliphatic carbocycles. The average Bonchev–Trinajstić information content (AvgIpc) is 2.50. The van der Waals surface area contributed by atoms with E-state index in [2.05, 4.69) is 54.4 Å². The number of rotatable bonds is 3. The molecule has 1 aliphatic rings. The van der Waals surface area contributed by atoms with Crippen molar-refractivity contribution in [1.82, 2.24) is 10.3 Å². The Kier molecular flexibility index (Phi) is 4.11. The Morgan fingerprint density at radius 1 is 1.24 bits per heavy atom. The van der Waals surface area contributed by atoms with E-state index in [9.17, 15) is 0 Å². The van der Waals surface area contributed by atoms with Gasteiger partial charge < -0.3 is 10.2 Å². The predicted molar refractivity (Wildman–Crippen MR) is 89.7 cm³/mol. The van der Waals surface area contributed by atoms with Crippen LogP contribution in [0.4, 0.5) is 5.82 Å². The zero-order valence-electron chi connectivity index (χ0n) is 13.3. The largest absolute Gasteiger partial charge is 0.356 e. The molecule has 1 aliphatic heterocycles. The first kappa shape index (κ1) is 14.3. The molecular weight excluding hydrogens is 258 g/mol. The molecule has 21 heavy (non-hydrogen) atoms. The average molecular weight is 283 g/mol. The molecule has 3 rings (SSSR count). The van der Waals surface area contributed by atoms with Gasteiger partial charge in [0, 0.05) is 30.6 Å². The van der Waals surface area contributed by atoms with E-state index < -0.39 is 0 Å². The van der Waals surface area contributed by atoms with Crippen molar-refractivity contribution in [3.05, 3.63) is 35.9 Å². The Hall–Kier alpha value is -1.61. The van der Waals surface area contributed by atoms with Crippen LogP contribution in [0.5, 0.6) is 0 Å². The van der Waals surface area contributed by atoms with Gasteiger partial charge in [-0.15, -0.1) is 0 Å². The Labute approximate surface area is 127 Å². The molecule has 0 spiro atoms. The van der Waals surface area contributed by atoms with Crippen LogP contribution < -0.4 is 10.2 Å². The molecular formula is C18H25N3. The number of nitrogens with one attached hydrogen (secondary N) is 1. The Morgan fingerprint density at radius 2 is 2.05 bits per heavy atom. The lowest BCUT2D eigenvalue weighted by molar-refractivity contribution is 0.322. The van der Waals surface area contributed by atoms with Gasteiger partial charge >= 0.3 is 0 Å². The van der Waals surface area contributed by atoms with Gasteiger partial charge in [0.05, 0.1) is 5.52 Å². The molecule has 0 bridgehead atoms. The van der Waals surface area contributed by atoms with Crippen LogP contribution in [0.15, 0.2) is 30.3 Å². The van der Waals surface area contributed by atoms with Crippen molar-refractivity contribution in [3.8, 4) is 0 Å². The summed E-state index contributed by atoms with van der Waals surface area (Å²) < 4.78 is 0. The maximum Gasteiger partial charge on any atom is 0.133 e. The third-order valence-corrected chi connectivity index (χ3v) is 4.78. The predicted octanol–water partition coefficient (Wildman–Crippen LogP) is 3.44. The van der Waals surface area contributed by atoms with Crippen LogP contribution in [-0.4, -0.2) is 25.1 Å². The standard InChI is InChI=1S/C18H25N3/c1-13-8-9-21(12-14(13)2)18-16(11-19-3)10-15-6-4-5-7-17(15)20-18/h4-7,10,13-14,19H,8-9,11-12H2,1-3H3. The minimum absolute atomic E-state index is 0.731. The SMILES string of the molecule is CNCc1cc2ccccc2nc1N1CCC(C)C(C)C1. The quantitative estimate of drug-likeness (QED) is 0.935. The van der Waals surface area contributed by atoms with Crippen LogP contribution in [0.3, 0.4) is 0 Å². The van der Waals surface area contributed by atoms with Gasteiger partial charge in [-0.05, 0) is 37.4 Å². The molecule has 0 saturated carbocycles. The molecule has 2 unspecified atom stereocenters. The van der Waals surface area contributed by atoms with Crippen LogP contribution in [0.1, 0.15) is 25.8 Å². The van der Waals surface area contributed by atoms with Gasteiger partial charge in [0.15, 0.2) is 0 Å².